The third-order valence-electron chi connectivity index (χ3n) is 2.99. The number of methoxy groups -OCH3 is 1. The maximum absolute atomic E-state index is 6.23. The zero-order chi connectivity index (χ0) is 17.1. The summed E-state index contributed by atoms with van der Waals surface area (Å²) in [6.07, 6.45) is 0.882. The van der Waals surface area contributed by atoms with Gasteiger partial charge in [-0.15, -0.1) is 24.0 Å². The lowest BCUT2D eigenvalue weighted by Crippen LogP contribution is -2.32. The maximum Gasteiger partial charge on any atom is 0.188 e. The van der Waals surface area contributed by atoms with Gasteiger partial charge in [0, 0.05) is 19.8 Å². The van der Waals surface area contributed by atoms with Crippen molar-refractivity contribution in [3.05, 3.63) is 22.7 Å². The number of hydrogen-bond acceptors (Lipinski definition) is 4. The molecule has 0 bridgehead atoms. The number of benzene rings is 1. The van der Waals surface area contributed by atoms with Crippen LogP contribution >= 0.6 is 35.6 Å². The molecule has 0 unspecified atom stereocenters. The van der Waals surface area contributed by atoms with E-state index in [0.717, 1.165) is 25.1 Å². The Balaban J connectivity index is 0.00000529. The number of hydrogen-bond donors (Lipinski definition) is 2. The van der Waals surface area contributed by atoms with Gasteiger partial charge in [0.15, 0.2) is 17.5 Å². The molecule has 0 radical (unpaired) electrons. The van der Waals surface area contributed by atoms with Gasteiger partial charge in [0.25, 0.3) is 0 Å². The van der Waals surface area contributed by atoms with Crippen molar-refractivity contribution in [1.29, 1.82) is 0 Å². The Morgan fingerprint density at radius 1 is 1.29 bits per heavy atom. The first-order chi connectivity index (χ1) is 11.1. The molecule has 1 rings (SSSR count). The molecule has 0 heterocycles. The highest BCUT2D eigenvalue weighted by Gasteiger charge is 2.11. The Labute approximate surface area is 166 Å². The third kappa shape index (κ3) is 8.25. The average Bonchev–Trinajstić information content (AvgIpc) is 2.54. The van der Waals surface area contributed by atoms with Crippen molar-refractivity contribution in [2.24, 2.45) is 10.7 Å². The van der Waals surface area contributed by atoms with Crippen molar-refractivity contribution in [2.75, 3.05) is 33.5 Å². The number of nitrogens with zero attached hydrogens (tertiary/aromatic N) is 1. The summed E-state index contributed by atoms with van der Waals surface area (Å²) < 4.78 is 16.0. The van der Waals surface area contributed by atoms with Crippen molar-refractivity contribution >= 4 is 41.5 Å². The molecule has 0 aliphatic carbocycles. The van der Waals surface area contributed by atoms with E-state index in [1.807, 2.05) is 19.9 Å². The molecule has 0 saturated carbocycles. The lowest BCUT2D eigenvalue weighted by molar-refractivity contribution is 0.145. The second-order valence-electron chi connectivity index (χ2n) is 4.72. The van der Waals surface area contributed by atoms with Gasteiger partial charge >= 0.3 is 0 Å². The number of nitrogens with two attached hydrogens (primary N) is 1. The number of aliphatic imine (C=N–C) groups is 1. The SMILES string of the molecule is CCOCCCNC(N)=NCc1cc(Cl)c(OCC)c(OC)c1.I. The molecular formula is C16H27ClIN3O3. The molecule has 6 nitrogen and oxygen atoms in total. The van der Waals surface area contributed by atoms with E-state index in [4.69, 9.17) is 31.5 Å². The fourth-order valence-electron chi connectivity index (χ4n) is 1.92. The summed E-state index contributed by atoms with van der Waals surface area (Å²) >= 11 is 6.23. The normalized spacial score (nSPS) is 10.9. The highest BCUT2D eigenvalue weighted by atomic mass is 127. The lowest BCUT2D eigenvalue weighted by Gasteiger charge is -2.12. The van der Waals surface area contributed by atoms with Crippen molar-refractivity contribution in [1.82, 2.24) is 5.32 Å². The smallest absolute Gasteiger partial charge is 0.188 e. The van der Waals surface area contributed by atoms with Crippen LogP contribution in [-0.4, -0.2) is 39.4 Å². The second kappa shape index (κ2) is 13.4. The Hall–Kier alpha value is -0.930. The molecule has 8 heteroatoms. The van der Waals surface area contributed by atoms with Gasteiger partial charge in [-0.1, -0.05) is 11.6 Å². The Morgan fingerprint density at radius 2 is 2.04 bits per heavy atom. The quantitative estimate of drug-likeness (QED) is 0.237. The van der Waals surface area contributed by atoms with Crippen LogP contribution in [0.5, 0.6) is 11.5 Å². The summed E-state index contributed by atoms with van der Waals surface area (Å²) in [5, 5.41) is 3.55. The first kappa shape index (κ1) is 23.1. The monoisotopic (exact) mass is 471 g/mol. The average molecular weight is 472 g/mol. The van der Waals surface area contributed by atoms with Gasteiger partial charge in [0.2, 0.25) is 0 Å². The Morgan fingerprint density at radius 3 is 2.67 bits per heavy atom. The lowest BCUT2D eigenvalue weighted by atomic mass is 10.2. The minimum Gasteiger partial charge on any atom is -0.493 e. The van der Waals surface area contributed by atoms with Crippen molar-refractivity contribution in [2.45, 2.75) is 26.8 Å². The first-order valence-electron chi connectivity index (χ1n) is 7.73. The molecule has 24 heavy (non-hydrogen) atoms. The predicted octanol–water partition coefficient (Wildman–Crippen LogP) is 3.20. The minimum absolute atomic E-state index is 0. The standard InChI is InChI=1S/C16H26ClN3O3.HI/c1-4-22-8-6-7-19-16(18)20-11-12-9-13(17)15(23-5-2)14(10-12)21-3;/h9-10H,4-8,11H2,1-3H3,(H3,18,19,20);1H. The molecule has 1 aromatic carbocycles. The number of rotatable bonds is 10. The number of guanidine groups is 1. The topological polar surface area (TPSA) is 78.1 Å². The maximum atomic E-state index is 6.23. The largest absolute Gasteiger partial charge is 0.493 e. The molecule has 0 fully saturated rings. The van der Waals surface area contributed by atoms with Gasteiger partial charge in [-0.05, 0) is 38.0 Å². The highest BCUT2D eigenvalue weighted by molar-refractivity contribution is 14.0. The summed E-state index contributed by atoms with van der Waals surface area (Å²) in [7, 11) is 1.58. The van der Waals surface area contributed by atoms with Gasteiger partial charge in [-0.2, -0.15) is 0 Å². The summed E-state index contributed by atoms with van der Waals surface area (Å²) in [5.74, 6) is 1.53. The summed E-state index contributed by atoms with van der Waals surface area (Å²) in [6, 6.07) is 3.66. The fraction of sp³-hybridized carbons (Fsp3) is 0.562. The van der Waals surface area contributed by atoms with Crippen LogP contribution in [0.1, 0.15) is 25.8 Å². The van der Waals surface area contributed by atoms with Crippen molar-refractivity contribution < 1.29 is 14.2 Å². The van der Waals surface area contributed by atoms with Gasteiger partial charge in [-0.25, -0.2) is 4.99 Å². The molecule has 0 spiro atoms. The van der Waals surface area contributed by atoms with Crippen LogP contribution in [0.4, 0.5) is 0 Å². The van der Waals surface area contributed by atoms with E-state index in [2.05, 4.69) is 10.3 Å². The molecular weight excluding hydrogens is 445 g/mol. The molecule has 138 valence electrons. The first-order valence-corrected chi connectivity index (χ1v) is 8.10. The zero-order valence-corrected chi connectivity index (χ0v) is 17.5. The highest BCUT2D eigenvalue weighted by Crippen LogP contribution is 2.36. The van der Waals surface area contributed by atoms with Crippen molar-refractivity contribution in [3.8, 4) is 11.5 Å². The van der Waals surface area contributed by atoms with E-state index in [0.29, 0.717) is 42.2 Å². The number of ether oxygens (including phenoxy) is 3. The van der Waals surface area contributed by atoms with Crippen LogP contribution < -0.4 is 20.5 Å². The van der Waals surface area contributed by atoms with Gasteiger partial charge in [0.1, 0.15) is 0 Å². The molecule has 0 aliphatic rings. The van der Waals surface area contributed by atoms with Gasteiger partial charge in [0.05, 0.1) is 25.3 Å². The number of nitrogens with one attached hydrogen (secondary N) is 1. The molecule has 0 aromatic heterocycles. The summed E-state index contributed by atoms with van der Waals surface area (Å²) in [5.41, 5.74) is 6.73. The Kier molecular flexibility index (Phi) is 12.9. The molecule has 0 saturated heterocycles. The molecule has 1 aromatic rings. The van der Waals surface area contributed by atoms with E-state index in [9.17, 15) is 0 Å². The van der Waals surface area contributed by atoms with E-state index in [1.165, 1.54) is 0 Å². The van der Waals surface area contributed by atoms with Crippen LogP contribution in [-0.2, 0) is 11.3 Å². The third-order valence-corrected chi connectivity index (χ3v) is 3.27. The molecule has 0 amide bonds. The second-order valence-corrected chi connectivity index (χ2v) is 5.13. The minimum atomic E-state index is 0. The molecule has 3 N–H and O–H groups in total. The van der Waals surface area contributed by atoms with Crippen LogP contribution in [0.2, 0.25) is 5.02 Å². The van der Waals surface area contributed by atoms with E-state index < -0.39 is 0 Å². The predicted molar refractivity (Wildman–Crippen MR) is 109 cm³/mol. The van der Waals surface area contributed by atoms with Gasteiger partial charge in [-0.3, -0.25) is 0 Å². The molecule has 0 aliphatic heterocycles. The van der Waals surface area contributed by atoms with Crippen LogP contribution in [0, 0.1) is 0 Å². The Bertz CT molecular complexity index is 516. The van der Waals surface area contributed by atoms with Crippen LogP contribution in [0.3, 0.4) is 0 Å². The van der Waals surface area contributed by atoms with Gasteiger partial charge < -0.3 is 25.3 Å². The van der Waals surface area contributed by atoms with Crippen LogP contribution in [0.25, 0.3) is 0 Å². The zero-order valence-electron chi connectivity index (χ0n) is 14.4. The van der Waals surface area contributed by atoms with Crippen LogP contribution in [0.15, 0.2) is 17.1 Å². The summed E-state index contributed by atoms with van der Waals surface area (Å²) in [6.45, 7) is 6.96. The number of halogens is 2. The van der Waals surface area contributed by atoms with E-state index in [1.54, 1.807) is 13.2 Å². The van der Waals surface area contributed by atoms with E-state index in [-0.39, 0.29) is 24.0 Å². The summed E-state index contributed by atoms with van der Waals surface area (Å²) in [4.78, 5) is 4.29. The fourth-order valence-corrected chi connectivity index (χ4v) is 2.20. The van der Waals surface area contributed by atoms with Crippen molar-refractivity contribution in [3.63, 3.8) is 0 Å². The van der Waals surface area contributed by atoms with E-state index >= 15 is 0 Å². The molecule has 0 atom stereocenters.